The average molecular weight is 224 g/mol. The molecule has 0 atom stereocenters. The maximum atomic E-state index is 5.66. The van der Waals surface area contributed by atoms with Crippen molar-refractivity contribution in [2.24, 2.45) is 0 Å². The Morgan fingerprint density at radius 3 is 2.82 bits per heavy atom. The number of anilines is 1. The Labute approximate surface area is 98.8 Å². The standard InChI is InChI=1S/C13H12N4/c1-9-4-10(2-3-15-9)11-5-12-6-13(14)16-8-17(12)7-11/h2-8H,14H2,1H3. The monoisotopic (exact) mass is 224 g/mol. The van der Waals surface area contributed by atoms with Gasteiger partial charge < -0.3 is 10.1 Å². The summed E-state index contributed by atoms with van der Waals surface area (Å²) in [5.74, 6) is 0.535. The second kappa shape index (κ2) is 3.59. The quantitative estimate of drug-likeness (QED) is 0.690. The molecule has 0 amide bonds. The van der Waals surface area contributed by atoms with Gasteiger partial charge in [0.1, 0.15) is 12.1 Å². The number of pyridine rings is 1. The van der Waals surface area contributed by atoms with Crippen LogP contribution < -0.4 is 5.73 Å². The molecule has 0 spiro atoms. The van der Waals surface area contributed by atoms with Crippen LogP contribution in [0.5, 0.6) is 0 Å². The highest BCUT2D eigenvalue weighted by Gasteiger charge is 2.03. The summed E-state index contributed by atoms with van der Waals surface area (Å²) in [4.78, 5) is 8.25. The SMILES string of the molecule is Cc1cc(-c2cc3cc(N)ncn3c2)ccn1. The second-order valence-corrected chi connectivity index (χ2v) is 4.06. The zero-order valence-electron chi connectivity index (χ0n) is 9.46. The van der Waals surface area contributed by atoms with E-state index in [1.54, 1.807) is 6.33 Å². The van der Waals surface area contributed by atoms with Crippen LogP contribution in [0.3, 0.4) is 0 Å². The van der Waals surface area contributed by atoms with E-state index >= 15 is 0 Å². The lowest BCUT2D eigenvalue weighted by atomic mass is 10.1. The van der Waals surface area contributed by atoms with Gasteiger partial charge in [0, 0.05) is 29.7 Å². The predicted octanol–water partition coefficient (Wildman–Crippen LogP) is 2.29. The van der Waals surface area contributed by atoms with Crippen molar-refractivity contribution in [3.8, 4) is 11.1 Å². The first-order chi connectivity index (χ1) is 8.22. The molecule has 3 heterocycles. The lowest BCUT2D eigenvalue weighted by molar-refractivity contribution is 1.10. The molecule has 3 aromatic heterocycles. The minimum absolute atomic E-state index is 0.535. The highest BCUT2D eigenvalue weighted by Crippen LogP contribution is 2.23. The minimum Gasteiger partial charge on any atom is -0.384 e. The van der Waals surface area contributed by atoms with E-state index in [0.717, 1.165) is 22.3 Å². The normalized spacial score (nSPS) is 10.9. The fourth-order valence-electron chi connectivity index (χ4n) is 1.91. The average Bonchev–Trinajstić information content (AvgIpc) is 2.72. The lowest BCUT2D eigenvalue weighted by Gasteiger charge is -1.97. The maximum Gasteiger partial charge on any atom is 0.127 e. The van der Waals surface area contributed by atoms with Gasteiger partial charge in [-0.2, -0.15) is 0 Å². The van der Waals surface area contributed by atoms with Gasteiger partial charge in [0.15, 0.2) is 0 Å². The Hall–Kier alpha value is -2.36. The van der Waals surface area contributed by atoms with Crippen molar-refractivity contribution in [3.05, 3.63) is 48.7 Å². The van der Waals surface area contributed by atoms with Gasteiger partial charge in [0.25, 0.3) is 0 Å². The van der Waals surface area contributed by atoms with E-state index in [1.807, 2.05) is 35.9 Å². The van der Waals surface area contributed by atoms with Gasteiger partial charge in [0.2, 0.25) is 0 Å². The van der Waals surface area contributed by atoms with E-state index in [-0.39, 0.29) is 0 Å². The van der Waals surface area contributed by atoms with Crippen LogP contribution in [0, 0.1) is 6.92 Å². The van der Waals surface area contributed by atoms with Crippen LogP contribution in [0.4, 0.5) is 5.82 Å². The van der Waals surface area contributed by atoms with Crippen molar-refractivity contribution >= 4 is 11.3 Å². The van der Waals surface area contributed by atoms with E-state index < -0.39 is 0 Å². The predicted molar refractivity (Wildman–Crippen MR) is 67.6 cm³/mol. The molecule has 0 saturated carbocycles. The molecule has 0 unspecified atom stereocenters. The van der Waals surface area contributed by atoms with Crippen LogP contribution in [0.1, 0.15) is 5.69 Å². The lowest BCUT2D eigenvalue weighted by Crippen LogP contribution is -1.91. The van der Waals surface area contributed by atoms with Crippen molar-refractivity contribution in [2.45, 2.75) is 6.92 Å². The van der Waals surface area contributed by atoms with Crippen molar-refractivity contribution in [3.63, 3.8) is 0 Å². The van der Waals surface area contributed by atoms with Crippen LogP contribution in [0.2, 0.25) is 0 Å². The van der Waals surface area contributed by atoms with Gasteiger partial charge in [0.05, 0.1) is 5.52 Å². The molecule has 0 aliphatic carbocycles. The van der Waals surface area contributed by atoms with Crippen LogP contribution in [0.25, 0.3) is 16.6 Å². The molecule has 2 N–H and O–H groups in total. The van der Waals surface area contributed by atoms with E-state index in [0.29, 0.717) is 5.82 Å². The smallest absolute Gasteiger partial charge is 0.127 e. The molecule has 3 rings (SSSR count). The summed E-state index contributed by atoms with van der Waals surface area (Å²) >= 11 is 0. The number of hydrogen-bond donors (Lipinski definition) is 1. The van der Waals surface area contributed by atoms with Crippen molar-refractivity contribution in [1.29, 1.82) is 0 Å². The third-order valence-corrected chi connectivity index (χ3v) is 2.74. The van der Waals surface area contributed by atoms with Gasteiger partial charge in [-0.15, -0.1) is 0 Å². The number of aryl methyl sites for hydroxylation is 1. The molecule has 0 bridgehead atoms. The first kappa shape index (κ1) is 9.84. The van der Waals surface area contributed by atoms with Gasteiger partial charge >= 0.3 is 0 Å². The van der Waals surface area contributed by atoms with E-state index in [4.69, 9.17) is 5.73 Å². The minimum atomic E-state index is 0.535. The van der Waals surface area contributed by atoms with E-state index in [9.17, 15) is 0 Å². The summed E-state index contributed by atoms with van der Waals surface area (Å²) in [5.41, 5.74) is 10.0. The Kier molecular flexibility index (Phi) is 2.08. The molecule has 0 radical (unpaired) electrons. The van der Waals surface area contributed by atoms with Crippen LogP contribution >= 0.6 is 0 Å². The van der Waals surface area contributed by atoms with E-state index in [1.165, 1.54) is 0 Å². The van der Waals surface area contributed by atoms with Gasteiger partial charge in [-0.3, -0.25) is 4.98 Å². The maximum absolute atomic E-state index is 5.66. The summed E-state index contributed by atoms with van der Waals surface area (Å²) in [7, 11) is 0. The van der Waals surface area contributed by atoms with Crippen LogP contribution in [-0.2, 0) is 0 Å². The summed E-state index contributed by atoms with van der Waals surface area (Å²) in [6, 6.07) is 8.01. The number of nitrogen functional groups attached to an aromatic ring is 1. The molecule has 0 aliphatic heterocycles. The van der Waals surface area contributed by atoms with E-state index in [2.05, 4.69) is 22.1 Å². The fraction of sp³-hybridized carbons (Fsp3) is 0.0769. The summed E-state index contributed by atoms with van der Waals surface area (Å²) in [6.07, 6.45) is 5.58. The molecule has 0 aliphatic rings. The largest absolute Gasteiger partial charge is 0.384 e. The van der Waals surface area contributed by atoms with Gasteiger partial charge in [-0.05, 0) is 30.7 Å². The number of nitrogens with zero attached hydrogens (tertiary/aromatic N) is 3. The van der Waals surface area contributed by atoms with Crippen molar-refractivity contribution in [2.75, 3.05) is 5.73 Å². The number of rotatable bonds is 1. The molecule has 17 heavy (non-hydrogen) atoms. The van der Waals surface area contributed by atoms with Crippen LogP contribution in [-0.4, -0.2) is 14.4 Å². The third-order valence-electron chi connectivity index (χ3n) is 2.74. The number of hydrogen-bond acceptors (Lipinski definition) is 3. The zero-order valence-corrected chi connectivity index (χ0v) is 9.46. The molecule has 84 valence electrons. The molecule has 0 fully saturated rings. The number of aromatic nitrogens is 3. The number of nitrogens with two attached hydrogens (primary N) is 1. The molecular weight excluding hydrogens is 212 g/mol. The van der Waals surface area contributed by atoms with Crippen molar-refractivity contribution in [1.82, 2.24) is 14.4 Å². The first-order valence-electron chi connectivity index (χ1n) is 5.39. The molecular formula is C13H12N4. The first-order valence-corrected chi connectivity index (χ1v) is 5.39. The Morgan fingerprint density at radius 1 is 1.12 bits per heavy atom. The van der Waals surface area contributed by atoms with Gasteiger partial charge in [-0.1, -0.05) is 0 Å². The fourth-order valence-corrected chi connectivity index (χ4v) is 1.91. The molecule has 3 aromatic rings. The molecule has 0 saturated heterocycles. The van der Waals surface area contributed by atoms with Crippen molar-refractivity contribution < 1.29 is 0 Å². The highest BCUT2D eigenvalue weighted by molar-refractivity contribution is 5.71. The van der Waals surface area contributed by atoms with Crippen LogP contribution in [0.15, 0.2) is 43.0 Å². The molecule has 0 aromatic carbocycles. The Balaban J connectivity index is 2.18. The molecule has 4 nitrogen and oxygen atoms in total. The Bertz CT molecular complexity index is 685. The highest BCUT2D eigenvalue weighted by atomic mass is 15.0. The number of fused-ring (bicyclic) bond motifs is 1. The summed E-state index contributed by atoms with van der Waals surface area (Å²) in [6.45, 7) is 1.98. The Morgan fingerprint density at radius 2 is 2.00 bits per heavy atom. The summed E-state index contributed by atoms with van der Waals surface area (Å²) < 4.78 is 1.96. The summed E-state index contributed by atoms with van der Waals surface area (Å²) in [5, 5.41) is 0. The third kappa shape index (κ3) is 1.73. The van der Waals surface area contributed by atoms with Gasteiger partial charge in [-0.25, -0.2) is 4.98 Å². The topological polar surface area (TPSA) is 56.2 Å². The molecule has 4 heteroatoms. The second-order valence-electron chi connectivity index (χ2n) is 4.06. The zero-order chi connectivity index (χ0) is 11.8.